The third-order valence-electron chi connectivity index (χ3n) is 1.67. The summed E-state index contributed by atoms with van der Waals surface area (Å²) < 4.78 is 37.1. The Morgan fingerprint density at radius 1 is 1.38 bits per heavy atom. The molecule has 8 heteroatoms. The van der Waals surface area contributed by atoms with Gasteiger partial charge in [0, 0.05) is 0 Å². The van der Waals surface area contributed by atoms with Crippen LogP contribution in [0.2, 0.25) is 5.02 Å². The minimum atomic E-state index is -4.43. The van der Waals surface area contributed by atoms with Gasteiger partial charge in [-0.05, 0) is 30.4 Å². The molecule has 0 bridgehead atoms. The third kappa shape index (κ3) is 3.22. The smallest absolute Gasteiger partial charge is 0.330 e. The van der Waals surface area contributed by atoms with E-state index >= 15 is 0 Å². The molecule has 0 saturated heterocycles. The van der Waals surface area contributed by atoms with Crippen LogP contribution in [0.4, 0.5) is 18.9 Å². The van der Waals surface area contributed by atoms with Crippen LogP contribution < -0.4 is 16.6 Å². The van der Waals surface area contributed by atoms with Crippen molar-refractivity contribution in [3.8, 4) is 0 Å². The SMILES string of the molecule is NNC(=S)Nc1cc(C(F)(F)F)ccc1Cl. The lowest BCUT2D eigenvalue weighted by atomic mass is 10.2. The van der Waals surface area contributed by atoms with Crippen LogP contribution in [0.1, 0.15) is 5.56 Å². The van der Waals surface area contributed by atoms with E-state index in [0.29, 0.717) is 0 Å². The molecule has 0 spiro atoms. The van der Waals surface area contributed by atoms with Crippen molar-refractivity contribution in [3.05, 3.63) is 28.8 Å². The summed E-state index contributed by atoms with van der Waals surface area (Å²) in [6, 6.07) is 2.87. The minimum Gasteiger partial charge on any atom is -0.330 e. The Kier molecular flexibility index (Phi) is 3.95. The molecule has 0 amide bonds. The molecule has 4 N–H and O–H groups in total. The normalized spacial score (nSPS) is 11.1. The molecule has 0 aliphatic heterocycles. The zero-order valence-corrected chi connectivity index (χ0v) is 9.30. The molecule has 1 rings (SSSR count). The van der Waals surface area contributed by atoms with Gasteiger partial charge in [-0.2, -0.15) is 13.2 Å². The van der Waals surface area contributed by atoms with E-state index in [0.717, 1.165) is 18.2 Å². The van der Waals surface area contributed by atoms with Crippen LogP contribution in [-0.4, -0.2) is 5.11 Å². The average Bonchev–Trinajstić information content (AvgIpc) is 2.19. The van der Waals surface area contributed by atoms with Gasteiger partial charge in [0.1, 0.15) is 0 Å². The number of anilines is 1. The van der Waals surface area contributed by atoms with Gasteiger partial charge in [-0.1, -0.05) is 11.6 Å². The van der Waals surface area contributed by atoms with E-state index in [1.807, 2.05) is 0 Å². The Morgan fingerprint density at radius 3 is 2.50 bits per heavy atom. The first kappa shape index (κ1) is 13.0. The van der Waals surface area contributed by atoms with Crippen molar-refractivity contribution < 1.29 is 13.2 Å². The Hall–Kier alpha value is -1.05. The van der Waals surface area contributed by atoms with Gasteiger partial charge in [-0.25, -0.2) is 5.84 Å². The molecule has 0 atom stereocenters. The van der Waals surface area contributed by atoms with Gasteiger partial charge in [0.15, 0.2) is 5.11 Å². The zero-order chi connectivity index (χ0) is 12.3. The van der Waals surface area contributed by atoms with Crippen molar-refractivity contribution in [2.45, 2.75) is 6.18 Å². The number of benzene rings is 1. The number of halogens is 4. The molecular formula is C8H7ClF3N3S. The van der Waals surface area contributed by atoms with Gasteiger partial charge in [-0.15, -0.1) is 0 Å². The summed E-state index contributed by atoms with van der Waals surface area (Å²) >= 11 is 10.3. The first-order valence-corrected chi connectivity index (χ1v) is 4.77. The Morgan fingerprint density at radius 2 is 2.00 bits per heavy atom. The number of alkyl halides is 3. The van der Waals surface area contributed by atoms with Crippen LogP contribution in [0, 0.1) is 0 Å². The fourth-order valence-corrected chi connectivity index (χ4v) is 1.23. The zero-order valence-electron chi connectivity index (χ0n) is 7.73. The molecule has 0 saturated carbocycles. The molecule has 0 unspecified atom stereocenters. The van der Waals surface area contributed by atoms with Crippen molar-refractivity contribution in [1.82, 2.24) is 5.43 Å². The fraction of sp³-hybridized carbons (Fsp3) is 0.125. The fourth-order valence-electron chi connectivity index (χ4n) is 0.956. The summed E-state index contributed by atoms with van der Waals surface area (Å²) in [5.41, 5.74) is 1.30. The Bertz CT molecular complexity index is 408. The minimum absolute atomic E-state index is 0.0266. The number of rotatable bonds is 1. The maximum atomic E-state index is 12.4. The summed E-state index contributed by atoms with van der Waals surface area (Å²) in [5, 5.41) is 2.53. The first-order valence-electron chi connectivity index (χ1n) is 3.99. The van der Waals surface area contributed by atoms with E-state index in [1.165, 1.54) is 0 Å². The topological polar surface area (TPSA) is 50.1 Å². The van der Waals surface area contributed by atoms with Crippen LogP contribution in [0.15, 0.2) is 18.2 Å². The molecule has 1 aromatic rings. The second-order valence-corrected chi connectivity index (χ2v) is 3.61. The third-order valence-corrected chi connectivity index (χ3v) is 2.22. The monoisotopic (exact) mass is 269 g/mol. The van der Waals surface area contributed by atoms with Gasteiger partial charge >= 0.3 is 6.18 Å². The molecule has 1 aromatic carbocycles. The summed E-state index contributed by atoms with van der Waals surface area (Å²) in [6.07, 6.45) is -4.43. The highest BCUT2D eigenvalue weighted by atomic mass is 35.5. The molecule has 88 valence electrons. The number of nitrogens with one attached hydrogen (secondary N) is 2. The summed E-state index contributed by atoms with van der Waals surface area (Å²) in [4.78, 5) is 0. The highest BCUT2D eigenvalue weighted by molar-refractivity contribution is 7.80. The van der Waals surface area contributed by atoms with Crippen LogP contribution in [0.5, 0.6) is 0 Å². The first-order chi connectivity index (χ1) is 7.34. The van der Waals surface area contributed by atoms with Crippen LogP contribution in [0.3, 0.4) is 0 Å². The Labute approximate surface area is 99.7 Å². The maximum Gasteiger partial charge on any atom is 0.416 e. The average molecular weight is 270 g/mol. The summed E-state index contributed by atoms with van der Waals surface area (Å²) in [6.45, 7) is 0. The second kappa shape index (κ2) is 4.86. The van der Waals surface area contributed by atoms with Crippen molar-refractivity contribution in [2.75, 3.05) is 5.32 Å². The molecule has 3 nitrogen and oxygen atoms in total. The van der Waals surface area contributed by atoms with E-state index in [2.05, 4.69) is 23.0 Å². The molecule has 0 fully saturated rings. The predicted molar refractivity (Wildman–Crippen MR) is 60.0 cm³/mol. The number of nitrogens with two attached hydrogens (primary N) is 1. The van der Waals surface area contributed by atoms with Gasteiger partial charge in [0.25, 0.3) is 0 Å². The Balaban J connectivity index is 3.04. The standard InChI is InChI=1S/C8H7ClF3N3S/c9-5-2-1-4(8(10,11)12)3-6(5)14-7(16)15-13/h1-3H,13H2,(H2,14,15,16). The molecule has 0 aliphatic carbocycles. The molecule has 0 aromatic heterocycles. The molecule has 0 heterocycles. The van der Waals surface area contributed by atoms with Crippen molar-refractivity contribution in [2.24, 2.45) is 5.84 Å². The number of hydrogen-bond donors (Lipinski definition) is 3. The van der Waals surface area contributed by atoms with Gasteiger partial charge in [0.2, 0.25) is 0 Å². The van der Waals surface area contributed by atoms with Crippen LogP contribution in [-0.2, 0) is 6.18 Å². The highest BCUT2D eigenvalue weighted by Crippen LogP contribution is 2.33. The molecular weight excluding hydrogens is 263 g/mol. The van der Waals surface area contributed by atoms with Crippen molar-refractivity contribution in [3.63, 3.8) is 0 Å². The molecule has 0 radical (unpaired) electrons. The lowest BCUT2D eigenvalue weighted by Crippen LogP contribution is -2.34. The number of hydrazine groups is 1. The maximum absolute atomic E-state index is 12.4. The molecule has 16 heavy (non-hydrogen) atoms. The molecule has 0 aliphatic rings. The van der Waals surface area contributed by atoms with E-state index in [1.54, 1.807) is 0 Å². The lowest BCUT2D eigenvalue weighted by Gasteiger charge is -2.12. The van der Waals surface area contributed by atoms with Crippen molar-refractivity contribution in [1.29, 1.82) is 0 Å². The van der Waals surface area contributed by atoms with E-state index in [-0.39, 0.29) is 15.8 Å². The largest absolute Gasteiger partial charge is 0.416 e. The van der Waals surface area contributed by atoms with E-state index in [9.17, 15) is 13.2 Å². The van der Waals surface area contributed by atoms with Crippen molar-refractivity contribution >= 4 is 34.6 Å². The second-order valence-electron chi connectivity index (χ2n) is 2.79. The summed E-state index contributed by atoms with van der Waals surface area (Å²) in [5.74, 6) is 4.97. The van der Waals surface area contributed by atoms with Gasteiger partial charge in [-0.3, -0.25) is 0 Å². The lowest BCUT2D eigenvalue weighted by molar-refractivity contribution is -0.137. The number of thiocarbonyl (C=S) groups is 1. The van der Waals surface area contributed by atoms with E-state index < -0.39 is 11.7 Å². The highest BCUT2D eigenvalue weighted by Gasteiger charge is 2.30. The number of hydrogen-bond acceptors (Lipinski definition) is 2. The predicted octanol–water partition coefficient (Wildman–Crippen LogP) is 2.52. The van der Waals surface area contributed by atoms with E-state index in [4.69, 9.17) is 17.4 Å². The van der Waals surface area contributed by atoms with Crippen LogP contribution in [0.25, 0.3) is 0 Å². The quantitative estimate of drug-likeness (QED) is 0.417. The van der Waals surface area contributed by atoms with Gasteiger partial charge in [0.05, 0.1) is 16.3 Å². The van der Waals surface area contributed by atoms with Gasteiger partial charge < -0.3 is 10.7 Å². The van der Waals surface area contributed by atoms with Crippen LogP contribution >= 0.6 is 23.8 Å². The summed E-state index contributed by atoms with van der Waals surface area (Å²) in [7, 11) is 0.